The minimum absolute atomic E-state index is 0.0149. The van der Waals surface area contributed by atoms with Crippen LogP contribution in [0.5, 0.6) is 11.5 Å². The molecule has 1 saturated heterocycles. The number of hydrogen-bond donors (Lipinski definition) is 1. The molecule has 3 rings (SSSR count). The molecule has 8 nitrogen and oxygen atoms in total. The van der Waals surface area contributed by atoms with Crippen LogP contribution in [0.25, 0.3) is 0 Å². The van der Waals surface area contributed by atoms with Crippen LogP contribution in [0.3, 0.4) is 0 Å². The molecule has 10 heteroatoms. The number of carbonyl (C=O) groups excluding carboxylic acids is 1. The van der Waals surface area contributed by atoms with Gasteiger partial charge in [0.2, 0.25) is 15.9 Å². The highest BCUT2D eigenvalue weighted by molar-refractivity contribution is 7.89. The van der Waals surface area contributed by atoms with E-state index in [9.17, 15) is 17.6 Å². The van der Waals surface area contributed by atoms with Crippen molar-refractivity contribution in [1.29, 1.82) is 0 Å². The number of benzene rings is 2. The van der Waals surface area contributed by atoms with Gasteiger partial charge < -0.3 is 19.5 Å². The number of hydrogen-bond acceptors (Lipinski definition) is 6. The lowest BCUT2D eigenvalue weighted by molar-refractivity contribution is -0.116. The molecule has 0 aliphatic carbocycles. The molecule has 30 heavy (non-hydrogen) atoms. The highest BCUT2D eigenvalue weighted by atomic mass is 32.2. The third-order valence-corrected chi connectivity index (χ3v) is 6.36. The summed E-state index contributed by atoms with van der Waals surface area (Å²) in [5, 5.41) is 2.66. The van der Waals surface area contributed by atoms with E-state index in [1.54, 1.807) is 0 Å². The SMILES string of the molecule is COc1ccc(S(=O)(=O)N2CCOCC2)cc1NC(=O)CCOc1ccc(F)cc1. The van der Waals surface area contributed by atoms with Gasteiger partial charge in [0.15, 0.2) is 0 Å². The fourth-order valence-electron chi connectivity index (χ4n) is 2.89. The van der Waals surface area contributed by atoms with Gasteiger partial charge in [-0.25, -0.2) is 12.8 Å². The van der Waals surface area contributed by atoms with E-state index in [1.165, 1.54) is 53.9 Å². The first-order valence-corrected chi connectivity index (χ1v) is 10.8. The van der Waals surface area contributed by atoms with Gasteiger partial charge in [-0.15, -0.1) is 0 Å². The van der Waals surface area contributed by atoms with E-state index >= 15 is 0 Å². The minimum Gasteiger partial charge on any atom is -0.495 e. The van der Waals surface area contributed by atoms with E-state index in [2.05, 4.69) is 5.32 Å². The summed E-state index contributed by atoms with van der Waals surface area (Å²) in [5.41, 5.74) is 0.249. The second kappa shape index (κ2) is 9.88. The van der Waals surface area contributed by atoms with Gasteiger partial charge >= 0.3 is 0 Å². The average molecular weight is 438 g/mol. The Kier molecular flexibility index (Phi) is 7.24. The molecule has 1 N–H and O–H groups in total. The summed E-state index contributed by atoms with van der Waals surface area (Å²) in [7, 11) is -2.28. The number of nitrogens with zero attached hydrogens (tertiary/aromatic N) is 1. The first kappa shape index (κ1) is 22.0. The van der Waals surface area contributed by atoms with E-state index in [4.69, 9.17) is 14.2 Å². The average Bonchev–Trinajstić information content (AvgIpc) is 2.75. The number of rotatable bonds is 8. The number of halogens is 1. The molecule has 0 bridgehead atoms. The Hall–Kier alpha value is -2.69. The van der Waals surface area contributed by atoms with Gasteiger partial charge in [-0.05, 0) is 42.5 Å². The van der Waals surface area contributed by atoms with Crippen molar-refractivity contribution in [3.05, 3.63) is 48.3 Å². The second-order valence-corrected chi connectivity index (χ2v) is 8.42. The Morgan fingerprint density at radius 3 is 2.53 bits per heavy atom. The zero-order valence-electron chi connectivity index (χ0n) is 16.5. The Balaban J connectivity index is 1.65. The first-order chi connectivity index (χ1) is 14.4. The summed E-state index contributed by atoms with van der Waals surface area (Å²) in [6.45, 7) is 1.30. The van der Waals surface area contributed by atoms with E-state index in [0.29, 0.717) is 24.7 Å². The Morgan fingerprint density at radius 2 is 1.87 bits per heavy atom. The number of carbonyl (C=O) groups is 1. The van der Waals surface area contributed by atoms with E-state index in [0.717, 1.165) is 0 Å². The number of amides is 1. The van der Waals surface area contributed by atoms with Crippen LogP contribution in [-0.4, -0.2) is 58.7 Å². The molecule has 1 fully saturated rings. The molecule has 1 aliphatic heterocycles. The summed E-state index contributed by atoms with van der Waals surface area (Å²) in [5.74, 6) is 0.0274. The van der Waals surface area contributed by atoms with Crippen LogP contribution in [0, 0.1) is 5.82 Å². The molecule has 2 aromatic carbocycles. The van der Waals surface area contributed by atoms with Crippen LogP contribution in [0.15, 0.2) is 47.4 Å². The van der Waals surface area contributed by atoms with Crippen molar-refractivity contribution in [2.45, 2.75) is 11.3 Å². The number of morpholine rings is 1. The molecule has 0 radical (unpaired) electrons. The Labute approximate surface area is 174 Å². The lowest BCUT2D eigenvalue weighted by Crippen LogP contribution is -2.40. The summed E-state index contributed by atoms with van der Waals surface area (Å²) in [6, 6.07) is 9.78. The van der Waals surface area contributed by atoms with Crippen LogP contribution in [0.4, 0.5) is 10.1 Å². The molecule has 0 unspecified atom stereocenters. The predicted molar refractivity (Wildman–Crippen MR) is 108 cm³/mol. The predicted octanol–water partition coefficient (Wildman–Crippen LogP) is 2.26. The number of sulfonamides is 1. The maximum atomic E-state index is 12.9. The highest BCUT2D eigenvalue weighted by Crippen LogP contribution is 2.29. The molecule has 0 spiro atoms. The van der Waals surface area contributed by atoms with E-state index < -0.39 is 10.0 Å². The quantitative estimate of drug-likeness (QED) is 0.680. The van der Waals surface area contributed by atoms with Crippen molar-refractivity contribution >= 4 is 21.6 Å². The third kappa shape index (κ3) is 5.47. The van der Waals surface area contributed by atoms with Crippen molar-refractivity contribution in [2.24, 2.45) is 0 Å². The van der Waals surface area contributed by atoms with Crippen molar-refractivity contribution < 1.29 is 31.8 Å². The zero-order chi connectivity index (χ0) is 21.6. The molecule has 1 aliphatic rings. The lowest BCUT2D eigenvalue weighted by atomic mass is 10.2. The molecular weight excluding hydrogens is 415 g/mol. The smallest absolute Gasteiger partial charge is 0.243 e. The molecular formula is C20H23FN2O6S. The Morgan fingerprint density at radius 1 is 1.17 bits per heavy atom. The van der Waals surface area contributed by atoms with Crippen molar-refractivity contribution in [3.8, 4) is 11.5 Å². The number of ether oxygens (including phenoxy) is 3. The number of anilines is 1. The normalized spacial score (nSPS) is 14.9. The van der Waals surface area contributed by atoms with E-state index in [1.807, 2.05) is 0 Å². The van der Waals surface area contributed by atoms with Gasteiger partial charge in [0.1, 0.15) is 17.3 Å². The number of methoxy groups -OCH3 is 1. The van der Waals surface area contributed by atoms with Gasteiger partial charge in [0.25, 0.3) is 0 Å². The van der Waals surface area contributed by atoms with Crippen LogP contribution in [0.1, 0.15) is 6.42 Å². The van der Waals surface area contributed by atoms with Gasteiger partial charge in [-0.1, -0.05) is 0 Å². The van der Waals surface area contributed by atoms with Gasteiger partial charge in [0.05, 0.1) is 43.9 Å². The van der Waals surface area contributed by atoms with Gasteiger partial charge in [-0.2, -0.15) is 4.31 Å². The summed E-state index contributed by atoms with van der Waals surface area (Å²) in [4.78, 5) is 12.4. The fraction of sp³-hybridized carbons (Fsp3) is 0.350. The summed E-state index contributed by atoms with van der Waals surface area (Å²) < 4.78 is 55.8. The lowest BCUT2D eigenvalue weighted by Gasteiger charge is -2.26. The molecule has 1 heterocycles. The third-order valence-electron chi connectivity index (χ3n) is 4.46. The minimum atomic E-state index is -3.71. The highest BCUT2D eigenvalue weighted by Gasteiger charge is 2.27. The molecule has 0 saturated carbocycles. The standard InChI is InChI=1S/C20H23FN2O6S/c1-27-19-7-6-17(30(25,26)23-9-12-28-13-10-23)14-18(19)22-20(24)8-11-29-16-4-2-15(21)3-5-16/h2-7,14H,8-13H2,1H3,(H,22,24). The maximum absolute atomic E-state index is 12.9. The van der Waals surface area contributed by atoms with Crippen LogP contribution >= 0.6 is 0 Å². The van der Waals surface area contributed by atoms with Crippen molar-refractivity contribution in [1.82, 2.24) is 4.31 Å². The molecule has 0 aromatic heterocycles. The molecule has 2 aromatic rings. The zero-order valence-corrected chi connectivity index (χ0v) is 17.3. The molecule has 0 atom stereocenters. The fourth-order valence-corrected chi connectivity index (χ4v) is 4.32. The second-order valence-electron chi connectivity index (χ2n) is 6.48. The first-order valence-electron chi connectivity index (χ1n) is 9.34. The molecule has 162 valence electrons. The van der Waals surface area contributed by atoms with Crippen LogP contribution < -0.4 is 14.8 Å². The topological polar surface area (TPSA) is 94.2 Å². The Bertz CT molecular complexity index is 975. The van der Waals surface area contributed by atoms with Crippen molar-refractivity contribution in [3.63, 3.8) is 0 Å². The maximum Gasteiger partial charge on any atom is 0.243 e. The van der Waals surface area contributed by atoms with E-state index in [-0.39, 0.29) is 48.4 Å². The number of nitrogens with one attached hydrogen (secondary N) is 1. The molecule has 1 amide bonds. The van der Waals surface area contributed by atoms with Crippen LogP contribution in [0.2, 0.25) is 0 Å². The monoisotopic (exact) mass is 438 g/mol. The van der Waals surface area contributed by atoms with Gasteiger partial charge in [0, 0.05) is 13.1 Å². The summed E-state index contributed by atoms with van der Waals surface area (Å²) >= 11 is 0. The summed E-state index contributed by atoms with van der Waals surface area (Å²) in [6.07, 6.45) is 0.0149. The van der Waals surface area contributed by atoms with Crippen molar-refractivity contribution in [2.75, 3.05) is 45.3 Å². The van der Waals surface area contributed by atoms with Crippen LogP contribution in [-0.2, 0) is 19.6 Å². The van der Waals surface area contributed by atoms with Gasteiger partial charge in [-0.3, -0.25) is 4.79 Å². The largest absolute Gasteiger partial charge is 0.495 e.